The van der Waals surface area contributed by atoms with Gasteiger partial charge in [-0.3, -0.25) is 0 Å². The molecule has 1 saturated carbocycles. The lowest BCUT2D eigenvalue weighted by Crippen LogP contribution is -2.08. The molecular weight excluding hydrogens is 227 g/mol. The summed E-state index contributed by atoms with van der Waals surface area (Å²) in [6.45, 7) is 0. The largest absolute Gasteiger partial charge is 0.417 e. The van der Waals surface area contributed by atoms with Crippen LogP contribution in [-0.2, 0) is 6.18 Å². The second-order valence-corrected chi connectivity index (χ2v) is 4.12. The molecule has 0 spiro atoms. The van der Waals surface area contributed by atoms with Crippen molar-refractivity contribution in [2.45, 2.75) is 24.9 Å². The van der Waals surface area contributed by atoms with Crippen LogP contribution in [0.3, 0.4) is 0 Å². The van der Waals surface area contributed by atoms with Crippen LogP contribution in [0.25, 0.3) is 0 Å². The first kappa shape index (κ1) is 10.6. The van der Waals surface area contributed by atoms with E-state index in [1.807, 2.05) is 0 Å². The Morgan fingerprint density at radius 2 is 1.87 bits per heavy atom. The van der Waals surface area contributed by atoms with Crippen molar-refractivity contribution in [3.63, 3.8) is 0 Å². The minimum atomic E-state index is -4.43. The van der Waals surface area contributed by atoms with E-state index in [0.717, 1.165) is 18.9 Å². The summed E-state index contributed by atoms with van der Waals surface area (Å²) < 4.78 is 37.7. The highest BCUT2D eigenvalue weighted by Gasteiger charge is 2.36. The van der Waals surface area contributed by atoms with E-state index in [1.165, 1.54) is 6.07 Å². The van der Waals surface area contributed by atoms with Crippen molar-refractivity contribution in [3.05, 3.63) is 28.3 Å². The summed E-state index contributed by atoms with van der Waals surface area (Å²) in [5.41, 5.74) is 5.27. The Morgan fingerprint density at radius 3 is 2.33 bits per heavy atom. The molecule has 2 rings (SSSR count). The zero-order valence-electron chi connectivity index (χ0n) is 7.74. The molecule has 0 amide bonds. The highest BCUT2D eigenvalue weighted by Crippen LogP contribution is 2.45. The number of hydrogen-bond acceptors (Lipinski definition) is 1. The first-order valence-corrected chi connectivity index (χ1v) is 4.93. The second-order valence-electron chi connectivity index (χ2n) is 3.74. The zero-order chi connectivity index (χ0) is 11.2. The van der Waals surface area contributed by atoms with Gasteiger partial charge in [0.2, 0.25) is 0 Å². The third-order valence-corrected chi connectivity index (χ3v) is 2.90. The summed E-state index contributed by atoms with van der Waals surface area (Å²) in [5.74, 6) is 0.227. The molecule has 0 heterocycles. The summed E-state index contributed by atoms with van der Waals surface area (Å²) in [5, 5.41) is -0.396. The van der Waals surface area contributed by atoms with E-state index in [0.29, 0.717) is 5.56 Å². The van der Waals surface area contributed by atoms with Crippen LogP contribution in [0.4, 0.5) is 18.9 Å². The Hall–Kier alpha value is -0.900. The van der Waals surface area contributed by atoms with Gasteiger partial charge in [-0.25, -0.2) is 0 Å². The molecule has 1 nitrogen and oxygen atoms in total. The highest BCUT2D eigenvalue weighted by molar-refractivity contribution is 6.34. The molecule has 82 valence electrons. The van der Waals surface area contributed by atoms with Crippen LogP contribution in [-0.4, -0.2) is 0 Å². The normalized spacial score (nSPS) is 16.8. The second kappa shape index (κ2) is 3.30. The van der Waals surface area contributed by atoms with Gasteiger partial charge in [0.05, 0.1) is 16.3 Å². The smallest absolute Gasteiger partial charge is 0.398 e. The maximum Gasteiger partial charge on any atom is 0.417 e. The number of benzene rings is 1. The number of rotatable bonds is 1. The summed E-state index contributed by atoms with van der Waals surface area (Å²) in [6.07, 6.45) is -2.58. The van der Waals surface area contributed by atoms with E-state index in [-0.39, 0.29) is 11.6 Å². The SMILES string of the molecule is Nc1cc(C2CC2)cc(C(F)(F)F)c1Cl. The van der Waals surface area contributed by atoms with Gasteiger partial charge >= 0.3 is 6.18 Å². The Labute approximate surface area is 90.0 Å². The molecule has 0 aromatic heterocycles. The fraction of sp³-hybridized carbons (Fsp3) is 0.400. The molecule has 0 aliphatic heterocycles. The maximum atomic E-state index is 12.6. The third kappa shape index (κ3) is 2.04. The Balaban J connectivity index is 2.52. The topological polar surface area (TPSA) is 26.0 Å². The Morgan fingerprint density at radius 1 is 1.27 bits per heavy atom. The molecule has 0 atom stereocenters. The molecule has 1 aliphatic carbocycles. The number of nitrogens with two attached hydrogens (primary N) is 1. The summed E-state index contributed by atoms with van der Waals surface area (Å²) in [7, 11) is 0. The number of nitrogen functional groups attached to an aromatic ring is 1. The predicted molar refractivity (Wildman–Crippen MR) is 52.8 cm³/mol. The monoisotopic (exact) mass is 235 g/mol. The van der Waals surface area contributed by atoms with E-state index in [2.05, 4.69) is 0 Å². The van der Waals surface area contributed by atoms with Crippen LogP contribution in [0, 0.1) is 0 Å². The van der Waals surface area contributed by atoms with E-state index in [4.69, 9.17) is 17.3 Å². The van der Waals surface area contributed by atoms with E-state index in [1.54, 1.807) is 0 Å². The molecule has 1 fully saturated rings. The first-order chi connectivity index (χ1) is 6.89. The zero-order valence-corrected chi connectivity index (χ0v) is 8.49. The molecule has 1 aromatic rings. The van der Waals surface area contributed by atoms with Gasteiger partial charge in [-0.15, -0.1) is 0 Å². The Bertz CT molecular complexity index is 396. The van der Waals surface area contributed by atoms with Crippen LogP contribution in [0.1, 0.15) is 29.9 Å². The summed E-state index contributed by atoms with van der Waals surface area (Å²) in [6, 6.07) is 2.64. The fourth-order valence-electron chi connectivity index (χ4n) is 1.53. The maximum absolute atomic E-state index is 12.6. The van der Waals surface area contributed by atoms with Gasteiger partial charge in [-0.1, -0.05) is 11.6 Å². The van der Waals surface area contributed by atoms with Gasteiger partial charge < -0.3 is 5.73 Å². The van der Waals surface area contributed by atoms with Crippen LogP contribution >= 0.6 is 11.6 Å². The number of halogens is 4. The van der Waals surface area contributed by atoms with Gasteiger partial charge in [-0.2, -0.15) is 13.2 Å². The average molecular weight is 236 g/mol. The lowest BCUT2D eigenvalue weighted by atomic mass is 10.1. The highest BCUT2D eigenvalue weighted by atomic mass is 35.5. The van der Waals surface area contributed by atoms with Gasteiger partial charge in [-0.05, 0) is 36.5 Å². The van der Waals surface area contributed by atoms with Gasteiger partial charge in [0.1, 0.15) is 0 Å². The molecule has 5 heteroatoms. The van der Waals surface area contributed by atoms with Crippen molar-refractivity contribution in [3.8, 4) is 0 Å². The summed E-state index contributed by atoms with van der Waals surface area (Å²) >= 11 is 5.53. The predicted octanol–water partition coefficient (Wildman–Crippen LogP) is 3.82. The number of anilines is 1. The van der Waals surface area contributed by atoms with Gasteiger partial charge in [0.15, 0.2) is 0 Å². The number of alkyl halides is 3. The molecule has 0 bridgehead atoms. The summed E-state index contributed by atoms with van der Waals surface area (Å²) in [4.78, 5) is 0. The molecule has 1 aromatic carbocycles. The molecular formula is C10H9ClF3N. The van der Waals surface area contributed by atoms with Crippen molar-refractivity contribution in [2.24, 2.45) is 0 Å². The molecule has 1 aliphatic rings. The van der Waals surface area contributed by atoms with Gasteiger partial charge in [0, 0.05) is 0 Å². The standard InChI is InChI=1S/C10H9ClF3N/c11-9-7(10(12,13)14)3-6(4-8(9)15)5-1-2-5/h3-5H,1-2,15H2. The van der Waals surface area contributed by atoms with Crippen LogP contribution in [0.5, 0.6) is 0 Å². The van der Waals surface area contributed by atoms with Crippen molar-refractivity contribution in [1.82, 2.24) is 0 Å². The van der Waals surface area contributed by atoms with Crippen molar-refractivity contribution < 1.29 is 13.2 Å². The molecule has 2 N–H and O–H groups in total. The third-order valence-electron chi connectivity index (χ3n) is 2.48. The van der Waals surface area contributed by atoms with Crippen LogP contribution in [0.2, 0.25) is 5.02 Å². The van der Waals surface area contributed by atoms with Crippen molar-refractivity contribution >= 4 is 17.3 Å². The molecule has 15 heavy (non-hydrogen) atoms. The van der Waals surface area contributed by atoms with E-state index >= 15 is 0 Å². The molecule has 0 radical (unpaired) electrons. The average Bonchev–Trinajstić information content (AvgIpc) is 2.90. The fourth-order valence-corrected chi connectivity index (χ4v) is 1.75. The number of hydrogen-bond donors (Lipinski definition) is 1. The molecule has 0 unspecified atom stereocenters. The van der Waals surface area contributed by atoms with Crippen LogP contribution < -0.4 is 5.73 Å². The molecule has 0 saturated heterocycles. The lowest BCUT2D eigenvalue weighted by molar-refractivity contribution is -0.137. The van der Waals surface area contributed by atoms with Crippen molar-refractivity contribution in [1.29, 1.82) is 0 Å². The van der Waals surface area contributed by atoms with Crippen molar-refractivity contribution in [2.75, 3.05) is 5.73 Å². The minimum absolute atomic E-state index is 0.00777. The van der Waals surface area contributed by atoms with Gasteiger partial charge in [0.25, 0.3) is 0 Å². The van der Waals surface area contributed by atoms with Crippen LogP contribution in [0.15, 0.2) is 12.1 Å². The van der Waals surface area contributed by atoms with E-state index < -0.39 is 16.8 Å². The quantitative estimate of drug-likeness (QED) is 0.736. The minimum Gasteiger partial charge on any atom is -0.398 e. The first-order valence-electron chi connectivity index (χ1n) is 4.55. The lowest BCUT2D eigenvalue weighted by Gasteiger charge is -2.12. The van der Waals surface area contributed by atoms with E-state index in [9.17, 15) is 13.2 Å². The Kier molecular flexibility index (Phi) is 2.34.